The van der Waals surface area contributed by atoms with Crippen LogP contribution in [0.25, 0.3) is 0 Å². The van der Waals surface area contributed by atoms with Gasteiger partial charge < -0.3 is 19.3 Å². The first-order valence-corrected chi connectivity index (χ1v) is 11.8. The monoisotopic (exact) mass is 458 g/mol. The van der Waals surface area contributed by atoms with Crippen LogP contribution in [0.2, 0.25) is 0 Å². The molecule has 0 aromatic heterocycles. The van der Waals surface area contributed by atoms with Crippen molar-refractivity contribution in [2.75, 3.05) is 39.7 Å². The first kappa shape index (κ1) is 23.8. The van der Waals surface area contributed by atoms with Crippen LogP contribution in [-0.4, -0.2) is 45.6 Å². The lowest BCUT2D eigenvalue weighted by Crippen LogP contribution is -2.26. The molecule has 0 aliphatic heterocycles. The molecular weight excluding hydrogens is 424 g/mol. The number of benzene rings is 3. The average molecular weight is 459 g/mol. The van der Waals surface area contributed by atoms with Crippen molar-refractivity contribution in [3.63, 3.8) is 0 Å². The normalized spacial score (nSPS) is 15.0. The quantitative estimate of drug-likeness (QED) is 0.464. The molecule has 1 amide bonds. The van der Waals surface area contributed by atoms with Gasteiger partial charge in [0.25, 0.3) is 5.91 Å². The molecule has 1 aliphatic rings. The van der Waals surface area contributed by atoms with Crippen LogP contribution in [0.1, 0.15) is 33.5 Å². The average Bonchev–Trinajstić information content (AvgIpc) is 2.86. The maximum atomic E-state index is 12.8. The van der Waals surface area contributed by atoms with E-state index >= 15 is 0 Å². The summed E-state index contributed by atoms with van der Waals surface area (Å²) in [6, 6.07) is 21.6. The fourth-order valence-corrected chi connectivity index (χ4v) is 4.60. The molecule has 34 heavy (non-hydrogen) atoms. The van der Waals surface area contributed by atoms with E-state index in [0.29, 0.717) is 12.2 Å². The second-order valence-corrected chi connectivity index (χ2v) is 9.35. The Balaban J connectivity index is 1.34. The fourth-order valence-electron chi connectivity index (χ4n) is 4.60. The zero-order valence-electron chi connectivity index (χ0n) is 20.6. The molecule has 0 fully saturated rings. The van der Waals surface area contributed by atoms with Gasteiger partial charge in [-0.3, -0.25) is 4.79 Å². The molecule has 0 bridgehead atoms. The molecule has 4 rings (SSSR count). The van der Waals surface area contributed by atoms with E-state index < -0.39 is 0 Å². The fraction of sp³-hybridized carbons (Fsp3) is 0.345. The standard InChI is InChI=1S/C29H34N2O3/c1-30(2)19-22-5-8-25-18-28(16-11-24(25)17-22)34-20-21-6-12-26(13-7-21)31(3)29(32)23-9-14-27(33-4)15-10-23/h6-7,9-16,18,22H,5,8,17,19-20H2,1-4H3. The van der Waals surface area contributed by atoms with Crippen LogP contribution in [0.3, 0.4) is 0 Å². The van der Waals surface area contributed by atoms with Crippen molar-refractivity contribution in [1.82, 2.24) is 4.90 Å². The van der Waals surface area contributed by atoms with Crippen molar-refractivity contribution in [1.29, 1.82) is 0 Å². The molecule has 178 valence electrons. The lowest BCUT2D eigenvalue weighted by molar-refractivity contribution is 0.0993. The summed E-state index contributed by atoms with van der Waals surface area (Å²) in [5.74, 6) is 2.33. The topological polar surface area (TPSA) is 42.0 Å². The number of amides is 1. The van der Waals surface area contributed by atoms with Gasteiger partial charge >= 0.3 is 0 Å². The summed E-state index contributed by atoms with van der Waals surface area (Å²) < 4.78 is 11.3. The van der Waals surface area contributed by atoms with Crippen molar-refractivity contribution >= 4 is 11.6 Å². The highest BCUT2D eigenvalue weighted by Gasteiger charge is 2.19. The maximum Gasteiger partial charge on any atom is 0.258 e. The van der Waals surface area contributed by atoms with Gasteiger partial charge in [0.2, 0.25) is 0 Å². The van der Waals surface area contributed by atoms with Crippen molar-refractivity contribution in [3.8, 4) is 11.5 Å². The number of hydrogen-bond donors (Lipinski definition) is 0. The Morgan fingerprint density at radius 2 is 1.62 bits per heavy atom. The molecule has 0 N–H and O–H groups in total. The molecule has 0 radical (unpaired) electrons. The van der Waals surface area contributed by atoms with Crippen LogP contribution < -0.4 is 14.4 Å². The molecule has 0 saturated carbocycles. The first-order valence-electron chi connectivity index (χ1n) is 11.8. The van der Waals surface area contributed by atoms with Gasteiger partial charge in [-0.2, -0.15) is 0 Å². The summed E-state index contributed by atoms with van der Waals surface area (Å²) in [6.45, 7) is 1.65. The molecule has 3 aromatic rings. The van der Waals surface area contributed by atoms with Crippen LogP contribution in [-0.2, 0) is 19.4 Å². The van der Waals surface area contributed by atoms with E-state index in [1.165, 1.54) is 17.5 Å². The SMILES string of the molecule is COc1ccc(C(=O)N(C)c2ccc(COc3ccc4c(c3)CCC(CN(C)C)C4)cc2)cc1. The summed E-state index contributed by atoms with van der Waals surface area (Å²) in [4.78, 5) is 16.7. The minimum atomic E-state index is -0.0615. The molecule has 0 saturated heterocycles. The molecule has 5 heteroatoms. The highest BCUT2D eigenvalue weighted by molar-refractivity contribution is 6.05. The van der Waals surface area contributed by atoms with Crippen LogP contribution >= 0.6 is 0 Å². The Labute approximate surface area is 202 Å². The number of nitrogens with zero attached hydrogens (tertiary/aromatic N) is 2. The third-order valence-corrected chi connectivity index (χ3v) is 6.50. The summed E-state index contributed by atoms with van der Waals surface area (Å²) in [7, 11) is 7.70. The summed E-state index contributed by atoms with van der Waals surface area (Å²) in [5, 5.41) is 0. The highest BCUT2D eigenvalue weighted by atomic mass is 16.5. The first-order chi connectivity index (χ1) is 16.4. The predicted octanol–water partition coefficient (Wildman–Crippen LogP) is 5.22. The Morgan fingerprint density at radius 1 is 0.912 bits per heavy atom. The highest BCUT2D eigenvalue weighted by Crippen LogP contribution is 2.29. The Bertz CT molecular complexity index is 1110. The van der Waals surface area contributed by atoms with Gasteiger partial charge in [0.1, 0.15) is 18.1 Å². The van der Waals surface area contributed by atoms with E-state index in [-0.39, 0.29) is 5.91 Å². The van der Waals surface area contributed by atoms with Crippen molar-refractivity contribution < 1.29 is 14.3 Å². The van der Waals surface area contributed by atoms with Crippen molar-refractivity contribution in [2.45, 2.75) is 25.9 Å². The zero-order valence-corrected chi connectivity index (χ0v) is 20.6. The van der Waals surface area contributed by atoms with Gasteiger partial charge in [-0.25, -0.2) is 0 Å². The van der Waals surface area contributed by atoms with E-state index in [0.717, 1.165) is 48.1 Å². The number of ether oxygens (including phenoxy) is 2. The predicted molar refractivity (Wildman–Crippen MR) is 137 cm³/mol. The van der Waals surface area contributed by atoms with E-state index in [4.69, 9.17) is 9.47 Å². The van der Waals surface area contributed by atoms with Crippen LogP contribution in [0.15, 0.2) is 66.7 Å². The molecule has 1 atom stereocenters. The molecule has 1 unspecified atom stereocenters. The second kappa shape index (κ2) is 10.7. The van der Waals surface area contributed by atoms with E-state index in [1.54, 1.807) is 43.3 Å². The summed E-state index contributed by atoms with van der Waals surface area (Å²) in [6.07, 6.45) is 3.51. The second-order valence-electron chi connectivity index (χ2n) is 9.35. The van der Waals surface area contributed by atoms with Crippen LogP contribution in [0.5, 0.6) is 11.5 Å². The minimum absolute atomic E-state index is 0.0615. The molecule has 0 heterocycles. The maximum absolute atomic E-state index is 12.8. The number of anilines is 1. The number of carbonyl (C=O) groups excluding carboxylic acids is 1. The number of aryl methyl sites for hydroxylation is 1. The lowest BCUT2D eigenvalue weighted by atomic mass is 9.83. The molecule has 3 aromatic carbocycles. The van der Waals surface area contributed by atoms with E-state index in [9.17, 15) is 4.79 Å². The zero-order chi connectivity index (χ0) is 24.1. The number of fused-ring (bicyclic) bond motifs is 1. The number of hydrogen-bond acceptors (Lipinski definition) is 4. The number of rotatable bonds is 8. The largest absolute Gasteiger partial charge is 0.497 e. The van der Waals surface area contributed by atoms with Gasteiger partial charge in [0.05, 0.1) is 7.11 Å². The van der Waals surface area contributed by atoms with Crippen LogP contribution in [0, 0.1) is 5.92 Å². The molecular formula is C29H34N2O3. The third-order valence-electron chi connectivity index (χ3n) is 6.50. The van der Waals surface area contributed by atoms with Gasteiger partial charge in [-0.1, -0.05) is 18.2 Å². The van der Waals surface area contributed by atoms with E-state index in [1.807, 2.05) is 24.3 Å². The van der Waals surface area contributed by atoms with Crippen molar-refractivity contribution in [2.24, 2.45) is 5.92 Å². The smallest absolute Gasteiger partial charge is 0.258 e. The van der Waals surface area contributed by atoms with Gasteiger partial charge in [0, 0.05) is 24.8 Å². The Kier molecular flexibility index (Phi) is 7.53. The number of methoxy groups -OCH3 is 1. The van der Waals surface area contributed by atoms with Gasteiger partial charge in [-0.15, -0.1) is 0 Å². The van der Waals surface area contributed by atoms with Crippen LogP contribution in [0.4, 0.5) is 5.69 Å². The third kappa shape index (κ3) is 5.78. The van der Waals surface area contributed by atoms with Crippen molar-refractivity contribution in [3.05, 3.63) is 89.0 Å². The molecule has 0 spiro atoms. The minimum Gasteiger partial charge on any atom is -0.497 e. The Morgan fingerprint density at radius 3 is 2.29 bits per heavy atom. The van der Waals surface area contributed by atoms with E-state index in [2.05, 4.69) is 37.2 Å². The van der Waals surface area contributed by atoms with Gasteiger partial charge in [0.15, 0.2) is 0 Å². The Hall–Kier alpha value is -3.31. The molecule has 5 nitrogen and oxygen atoms in total. The summed E-state index contributed by atoms with van der Waals surface area (Å²) >= 11 is 0. The van der Waals surface area contributed by atoms with Gasteiger partial charge in [-0.05, 0) is 104 Å². The lowest BCUT2D eigenvalue weighted by Gasteiger charge is -2.27. The molecule has 1 aliphatic carbocycles. The summed E-state index contributed by atoms with van der Waals surface area (Å²) in [5.41, 5.74) is 5.40. The number of carbonyl (C=O) groups is 1.